The molecule has 0 bridgehead atoms. The fraction of sp³-hybridized carbons (Fsp3) is 0.500. The summed E-state index contributed by atoms with van der Waals surface area (Å²) >= 11 is 5.44. The molecule has 19 heavy (non-hydrogen) atoms. The molecule has 0 atom stereocenters. The molecule has 0 aliphatic rings. The van der Waals surface area contributed by atoms with Crippen molar-refractivity contribution in [3.8, 4) is 5.75 Å². The maximum atomic E-state index is 5.44. The lowest BCUT2D eigenvalue weighted by atomic mass is 10.0. The minimum absolute atomic E-state index is 0.0242. The SMILES string of the molecule is COc1ccc2[nH]c(=S)n(CC(C)(C)N(C)C)c2c1. The highest BCUT2D eigenvalue weighted by atomic mass is 32.1. The van der Waals surface area contributed by atoms with Gasteiger partial charge in [0.1, 0.15) is 5.75 Å². The Morgan fingerprint density at radius 2 is 2.05 bits per heavy atom. The molecule has 4 nitrogen and oxygen atoms in total. The van der Waals surface area contributed by atoms with Crippen molar-refractivity contribution < 1.29 is 4.74 Å². The number of hydrogen-bond donors (Lipinski definition) is 1. The van der Waals surface area contributed by atoms with Gasteiger partial charge in [0.15, 0.2) is 4.77 Å². The molecule has 2 aromatic rings. The molecule has 1 heterocycles. The Kier molecular flexibility index (Phi) is 3.69. The van der Waals surface area contributed by atoms with Gasteiger partial charge >= 0.3 is 0 Å². The van der Waals surface area contributed by atoms with Gasteiger partial charge in [-0.15, -0.1) is 0 Å². The molecule has 5 heteroatoms. The van der Waals surface area contributed by atoms with Crippen LogP contribution in [0.15, 0.2) is 18.2 Å². The second-order valence-electron chi connectivity index (χ2n) is 5.61. The van der Waals surface area contributed by atoms with Crippen LogP contribution < -0.4 is 4.74 Å². The topological polar surface area (TPSA) is 33.2 Å². The normalized spacial score (nSPS) is 12.3. The van der Waals surface area contributed by atoms with Gasteiger partial charge in [-0.1, -0.05) is 0 Å². The Hall–Kier alpha value is -1.33. The molecule has 0 unspecified atom stereocenters. The number of benzene rings is 1. The van der Waals surface area contributed by atoms with Crippen LogP contribution >= 0.6 is 12.2 Å². The summed E-state index contributed by atoms with van der Waals surface area (Å²) in [6, 6.07) is 5.96. The minimum atomic E-state index is 0.0242. The third kappa shape index (κ3) is 2.67. The van der Waals surface area contributed by atoms with Crippen LogP contribution in [0.25, 0.3) is 11.0 Å². The van der Waals surface area contributed by atoms with Gasteiger partial charge in [-0.05, 0) is 52.3 Å². The van der Waals surface area contributed by atoms with Crippen molar-refractivity contribution >= 4 is 23.3 Å². The number of methoxy groups -OCH3 is 1. The van der Waals surface area contributed by atoms with Gasteiger partial charge in [0.25, 0.3) is 0 Å². The molecule has 0 amide bonds. The number of aromatic amines is 1. The molecule has 1 aromatic heterocycles. The lowest BCUT2D eigenvalue weighted by Gasteiger charge is -2.33. The summed E-state index contributed by atoms with van der Waals surface area (Å²) < 4.78 is 8.17. The summed E-state index contributed by atoms with van der Waals surface area (Å²) in [5.74, 6) is 0.845. The lowest BCUT2D eigenvalue weighted by molar-refractivity contribution is 0.170. The number of ether oxygens (including phenoxy) is 1. The number of nitrogens with one attached hydrogen (secondary N) is 1. The third-order valence-corrected chi connectivity index (χ3v) is 4.06. The van der Waals surface area contributed by atoms with E-state index in [4.69, 9.17) is 17.0 Å². The summed E-state index contributed by atoms with van der Waals surface area (Å²) in [5.41, 5.74) is 2.15. The highest BCUT2D eigenvalue weighted by Gasteiger charge is 2.22. The van der Waals surface area contributed by atoms with Crippen LogP contribution in [-0.2, 0) is 6.54 Å². The van der Waals surface area contributed by atoms with E-state index in [2.05, 4.69) is 42.4 Å². The fourth-order valence-electron chi connectivity index (χ4n) is 1.94. The second kappa shape index (κ2) is 4.98. The summed E-state index contributed by atoms with van der Waals surface area (Å²) in [7, 11) is 5.84. The molecule has 0 aliphatic heterocycles. The van der Waals surface area contributed by atoms with Crippen molar-refractivity contribution in [2.24, 2.45) is 0 Å². The number of rotatable bonds is 4. The van der Waals surface area contributed by atoms with E-state index in [1.165, 1.54) is 0 Å². The van der Waals surface area contributed by atoms with Crippen LogP contribution in [0.1, 0.15) is 13.8 Å². The Morgan fingerprint density at radius 3 is 2.63 bits per heavy atom. The lowest BCUT2D eigenvalue weighted by Crippen LogP contribution is -2.42. The number of nitrogens with zero attached hydrogens (tertiary/aromatic N) is 2. The molecule has 1 aromatic carbocycles. The second-order valence-corrected chi connectivity index (χ2v) is 5.99. The van der Waals surface area contributed by atoms with E-state index in [9.17, 15) is 0 Å². The van der Waals surface area contributed by atoms with E-state index in [-0.39, 0.29) is 5.54 Å². The highest BCUT2D eigenvalue weighted by Crippen LogP contribution is 2.23. The molecule has 0 fully saturated rings. The summed E-state index contributed by atoms with van der Waals surface area (Å²) in [5, 5.41) is 0. The van der Waals surface area contributed by atoms with Crippen molar-refractivity contribution in [2.45, 2.75) is 25.9 Å². The fourth-order valence-corrected chi connectivity index (χ4v) is 2.22. The number of imidazole rings is 1. The zero-order chi connectivity index (χ0) is 14.2. The predicted molar refractivity (Wildman–Crippen MR) is 81.4 cm³/mol. The zero-order valence-electron chi connectivity index (χ0n) is 12.2. The Labute approximate surface area is 119 Å². The number of fused-ring (bicyclic) bond motifs is 1. The Morgan fingerprint density at radius 1 is 1.37 bits per heavy atom. The largest absolute Gasteiger partial charge is 0.497 e. The van der Waals surface area contributed by atoms with E-state index in [1.54, 1.807) is 7.11 Å². The van der Waals surface area contributed by atoms with Gasteiger partial charge < -0.3 is 19.2 Å². The summed E-state index contributed by atoms with van der Waals surface area (Å²) in [6.45, 7) is 5.23. The van der Waals surface area contributed by atoms with Crippen LogP contribution in [0.2, 0.25) is 0 Å². The molecule has 2 rings (SSSR count). The van der Waals surface area contributed by atoms with Gasteiger partial charge in [-0.3, -0.25) is 0 Å². The molecule has 104 valence electrons. The van der Waals surface area contributed by atoms with Gasteiger partial charge in [-0.25, -0.2) is 0 Å². The Bertz CT molecular complexity index is 640. The van der Waals surface area contributed by atoms with Crippen molar-refractivity contribution in [3.63, 3.8) is 0 Å². The molecule has 0 radical (unpaired) electrons. The molecular weight excluding hydrogens is 258 g/mol. The molecule has 0 saturated heterocycles. The van der Waals surface area contributed by atoms with Gasteiger partial charge in [0.2, 0.25) is 0 Å². The first-order valence-electron chi connectivity index (χ1n) is 6.29. The highest BCUT2D eigenvalue weighted by molar-refractivity contribution is 7.71. The molecule has 0 spiro atoms. The van der Waals surface area contributed by atoms with Crippen molar-refractivity contribution in [3.05, 3.63) is 23.0 Å². The van der Waals surface area contributed by atoms with E-state index < -0.39 is 0 Å². The number of likely N-dealkylation sites (N-methyl/N-ethyl adjacent to an activating group) is 1. The quantitative estimate of drug-likeness (QED) is 0.873. The van der Waals surface area contributed by atoms with Gasteiger partial charge in [0.05, 0.1) is 18.1 Å². The maximum absolute atomic E-state index is 5.44. The maximum Gasteiger partial charge on any atom is 0.178 e. The number of aromatic nitrogens is 2. The van der Waals surface area contributed by atoms with E-state index in [0.717, 1.165) is 28.1 Å². The first-order valence-corrected chi connectivity index (χ1v) is 6.70. The first-order chi connectivity index (χ1) is 8.85. The predicted octanol–water partition coefficient (Wildman–Crippen LogP) is 3.05. The monoisotopic (exact) mass is 279 g/mol. The van der Waals surface area contributed by atoms with Crippen LogP contribution in [0.5, 0.6) is 5.75 Å². The van der Waals surface area contributed by atoms with Crippen molar-refractivity contribution in [1.82, 2.24) is 14.5 Å². The van der Waals surface area contributed by atoms with Crippen LogP contribution in [0.3, 0.4) is 0 Å². The Balaban J connectivity index is 2.53. The van der Waals surface area contributed by atoms with Crippen LogP contribution in [0.4, 0.5) is 0 Å². The minimum Gasteiger partial charge on any atom is -0.497 e. The molecule has 0 aliphatic carbocycles. The average Bonchev–Trinajstić information content (AvgIpc) is 2.64. The zero-order valence-corrected chi connectivity index (χ0v) is 13.0. The first kappa shape index (κ1) is 14.1. The van der Waals surface area contributed by atoms with Crippen molar-refractivity contribution in [2.75, 3.05) is 21.2 Å². The average molecular weight is 279 g/mol. The molecule has 1 N–H and O–H groups in total. The van der Waals surface area contributed by atoms with E-state index >= 15 is 0 Å². The van der Waals surface area contributed by atoms with Crippen LogP contribution in [0, 0.1) is 4.77 Å². The summed E-state index contributed by atoms with van der Waals surface area (Å²) in [6.07, 6.45) is 0. The van der Waals surface area contributed by atoms with Gasteiger partial charge in [-0.2, -0.15) is 0 Å². The van der Waals surface area contributed by atoms with Crippen LogP contribution in [-0.4, -0.2) is 41.2 Å². The van der Waals surface area contributed by atoms with E-state index in [0.29, 0.717) is 0 Å². The van der Waals surface area contributed by atoms with Crippen molar-refractivity contribution in [1.29, 1.82) is 0 Å². The smallest absolute Gasteiger partial charge is 0.178 e. The standard InChI is InChI=1S/C14H21N3OS/c1-14(2,16(3)4)9-17-12-8-10(18-5)6-7-11(12)15-13(17)19/h6-8H,9H2,1-5H3,(H,15,19). The summed E-state index contributed by atoms with van der Waals surface area (Å²) in [4.78, 5) is 5.45. The van der Waals surface area contributed by atoms with Gasteiger partial charge in [0, 0.05) is 18.2 Å². The molecular formula is C14H21N3OS. The molecule has 0 saturated carbocycles. The van der Waals surface area contributed by atoms with E-state index in [1.807, 2.05) is 18.2 Å². The number of H-pyrrole nitrogens is 1. The number of hydrogen-bond acceptors (Lipinski definition) is 3. The third-order valence-electron chi connectivity index (χ3n) is 3.74.